The number of benzene rings is 1. The van der Waals surface area contributed by atoms with Crippen LogP contribution in [0.1, 0.15) is 44.7 Å². The second-order valence-corrected chi connectivity index (χ2v) is 8.65. The molecule has 2 aliphatic rings. The lowest BCUT2D eigenvalue weighted by molar-refractivity contribution is 0.0523. The van der Waals surface area contributed by atoms with Crippen molar-refractivity contribution in [1.82, 2.24) is 10.2 Å². The number of carbonyl (C=O) groups is 1. The van der Waals surface area contributed by atoms with Gasteiger partial charge >= 0.3 is 6.09 Å². The summed E-state index contributed by atoms with van der Waals surface area (Å²) in [6.07, 6.45) is 1.79. The third-order valence-corrected chi connectivity index (χ3v) is 5.51. The minimum Gasteiger partial charge on any atom is -0.444 e. The van der Waals surface area contributed by atoms with Crippen LogP contribution >= 0.6 is 11.6 Å². The fourth-order valence-corrected chi connectivity index (χ4v) is 4.07. The van der Waals surface area contributed by atoms with E-state index >= 15 is 0 Å². The number of hydrogen-bond acceptors (Lipinski definition) is 4. The minimum absolute atomic E-state index is 0.109. The molecule has 1 saturated heterocycles. The van der Waals surface area contributed by atoms with Crippen molar-refractivity contribution in [1.29, 1.82) is 0 Å². The molecule has 5 nitrogen and oxygen atoms in total. The zero-order chi connectivity index (χ0) is 18.2. The van der Waals surface area contributed by atoms with E-state index in [9.17, 15) is 4.79 Å². The molecule has 6 heteroatoms. The van der Waals surface area contributed by atoms with E-state index in [4.69, 9.17) is 16.3 Å². The van der Waals surface area contributed by atoms with Gasteiger partial charge in [0.25, 0.3) is 0 Å². The molecule has 0 radical (unpaired) electrons. The highest BCUT2D eigenvalue weighted by atomic mass is 35.5. The molecule has 1 aromatic rings. The van der Waals surface area contributed by atoms with Crippen LogP contribution in [0.25, 0.3) is 0 Å². The van der Waals surface area contributed by atoms with Crippen LogP contribution in [-0.2, 0) is 16.7 Å². The van der Waals surface area contributed by atoms with Crippen LogP contribution in [0.15, 0.2) is 12.1 Å². The number of alkyl carbamates (subject to hydrolysis) is 1. The van der Waals surface area contributed by atoms with Gasteiger partial charge in [-0.05, 0) is 77.0 Å². The quantitative estimate of drug-likeness (QED) is 0.838. The first-order chi connectivity index (χ1) is 11.7. The summed E-state index contributed by atoms with van der Waals surface area (Å²) in [7, 11) is 2.17. The summed E-state index contributed by atoms with van der Waals surface area (Å²) in [5, 5.41) is 7.13. The van der Waals surface area contributed by atoms with Gasteiger partial charge in [0.15, 0.2) is 0 Å². The van der Waals surface area contributed by atoms with E-state index in [1.54, 1.807) is 0 Å². The molecule has 0 bridgehead atoms. The van der Waals surface area contributed by atoms with Crippen molar-refractivity contribution in [3.05, 3.63) is 28.3 Å². The molecule has 0 saturated carbocycles. The maximum absolute atomic E-state index is 12.1. The molecule has 3 rings (SSSR count). The van der Waals surface area contributed by atoms with Gasteiger partial charge in [-0.1, -0.05) is 11.6 Å². The second kappa shape index (κ2) is 6.69. The zero-order valence-corrected chi connectivity index (χ0v) is 16.3. The number of likely N-dealkylation sites (tertiary alicyclic amines) is 1. The highest BCUT2D eigenvalue weighted by Gasteiger charge is 2.42. The molecule has 2 aliphatic heterocycles. The van der Waals surface area contributed by atoms with Crippen LogP contribution in [-0.4, -0.2) is 43.3 Å². The monoisotopic (exact) mass is 365 g/mol. The van der Waals surface area contributed by atoms with E-state index in [1.807, 2.05) is 26.8 Å². The lowest BCUT2D eigenvalue weighted by Crippen LogP contribution is -2.42. The van der Waals surface area contributed by atoms with Crippen molar-refractivity contribution < 1.29 is 9.53 Å². The predicted octanol–water partition coefficient (Wildman–Crippen LogP) is 3.75. The average Bonchev–Trinajstić information content (AvgIpc) is 2.87. The van der Waals surface area contributed by atoms with Crippen LogP contribution in [0.5, 0.6) is 0 Å². The molecule has 1 amide bonds. The van der Waals surface area contributed by atoms with E-state index in [1.165, 1.54) is 5.56 Å². The number of halogens is 1. The molecule has 1 fully saturated rings. The molecule has 2 N–H and O–H groups in total. The first-order valence-electron chi connectivity index (χ1n) is 8.91. The Morgan fingerprint density at radius 3 is 2.68 bits per heavy atom. The van der Waals surface area contributed by atoms with Gasteiger partial charge in [-0.2, -0.15) is 0 Å². The molecule has 25 heavy (non-hydrogen) atoms. The second-order valence-electron chi connectivity index (χ2n) is 8.24. The largest absolute Gasteiger partial charge is 0.444 e. The number of ether oxygens (including phenoxy) is 1. The van der Waals surface area contributed by atoms with E-state index < -0.39 is 11.7 Å². The summed E-state index contributed by atoms with van der Waals surface area (Å²) < 4.78 is 5.35. The fraction of sp³-hybridized carbons (Fsp3) is 0.632. The van der Waals surface area contributed by atoms with E-state index in [2.05, 4.69) is 28.6 Å². The first kappa shape index (κ1) is 18.3. The van der Waals surface area contributed by atoms with Gasteiger partial charge in [-0.25, -0.2) is 4.79 Å². The molecule has 0 unspecified atom stereocenters. The Kier molecular flexibility index (Phi) is 4.91. The number of nitrogens with one attached hydrogen (secondary N) is 2. The molecule has 0 atom stereocenters. The van der Waals surface area contributed by atoms with Gasteiger partial charge < -0.3 is 20.3 Å². The van der Waals surface area contributed by atoms with Crippen molar-refractivity contribution >= 4 is 23.4 Å². The Labute approximate surface area is 155 Å². The third kappa shape index (κ3) is 3.87. The Morgan fingerprint density at radius 2 is 2.04 bits per heavy atom. The molecule has 0 aromatic heterocycles. The Balaban J connectivity index is 1.84. The SMILES string of the molecule is CN1CCC2(CC1)CNc1ccc(Cl)c(CNC(=O)OC(C)(C)C)c12. The lowest BCUT2D eigenvalue weighted by atomic mass is 9.72. The zero-order valence-electron chi connectivity index (χ0n) is 15.5. The molecule has 1 spiro atoms. The van der Waals surface area contributed by atoms with Gasteiger partial charge in [-0.3, -0.25) is 0 Å². The highest BCUT2D eigenvalue weighted by Crippen LogP contribution is 2.47. The summed E-state index contributed by atoms with van der Waals surface area (Å²) in [5.41, 5.74) is 3.04. The first-order valence-corrected chi connectivity index (χ1v) is 9.29. The van der Waals surface area contributed by atoms with Crippen LogP contribution in [0.3, 0.4) is 0 Å². The predicted molar refractivity (Wildman–Crippen MR) is 101 cm³/mol. The van der Waals surface area contributed by atoms with Crippen molar-refractivity contribution in [2.24, 2.45) is 0 Å². The number of anilines is 1. The van der Waals surface area contributed by atoms with E-state index in [0.29, 0.717) is 11.6 Å². The number of hydrogen-bond donors (Lipinski definition) is 2. The number of rotatable bonds is 2. The van der Waals surface area contributed by atoms with Crippen molar-refractivity contribution in [2.45, 2.75) is 51.2 Å². The Morgan fingerprint density at radius 1 is 1.36 bits per heavy atom. The van der Waals surface area contributed by atoms with Gasteiger partial charge in [0, 0.05) is 29.2 Å². The highest BCUT2D eigenvalue weighted by molar-refractivity contribution is 6.31. The molecular formula is C19H28ClN3O2. The standard InChI is InChI=1S/C19H28ClN3O2/c1-18(2,3)25-17(24)21-11-13-14(20)5-6-15-16(13)19(12-22-15)7-9-23(4)10-8-19/h5-6,22H,7-12H2,1-4H3,(H,21,24). The van der Waals surface area contributed by atoms with Crippen molar-refractivity contribution in [3.8, 4) is 0 Å². The third-order valence-electron chi connectivity index (χ3n) is 5.16. The van der Waals surface area contributed by atoms with Gasteiger partial charge in [0.1, 0.15) is 5.60 Å². The summed E-state index contributed by atoms with van der Waals surface area (Å²) >= 11 is 6.53. The number of fused-ring (bicyclic) bond motifs is 2. The van der Waals surface area contributed by atoms with Gasteiger partial charge in [0.05, 0.1) is 0 Å². The van der Waals surface area contributed by atoms with E-state index in [-0.39, 0.29) is 5.41 Å². The normalized spacial score (nSPS) is 19.4. The fourth-order valence-electron chi connectivity index (χ4n) is 3.85. The van der Waals surface area contributed by atoms with Crippen molar-refractivity contribution in [3.63, 3.8) is 0 Å². The van der Waals surface area contributed by atoms with Crippen LogP contribution in [0, 0.1) is 0 Å². The van der Waals surface area contributed by atoms with Gasteiger partial charge in [-0.15, -0.1) is 0 Å². The molecule has 138 valence electrons. The summed E-state index contributed by atoms with van der Waals surface area (Å²) in [4.78, 5) is 14.4. The molecule has 1 aromatic carbocycles. The maximum Gasteiger partial charge on any atom is 0.407 e. The maximum atomic E-state index is 12.1. The Bertz CT molecular complexity index is 661. The summed E-state index contributed by atoms with van der Waals surface area (Å²) in [6, 6.07) is 3.97. The molecule has 0 aliphatic carbocycles. The number of piperidine rings is 1. The van der Waals surface area contributed by atoms with Crippen molar-refractivity contribution in [2.75, 3.05) is 32.0 Å². The Hall–Kier alpha value is -1.46. The molecule has 2 heterocycles. The van der Waals surface area contributed by atoms with Crippen LogP contribution < -0.4 is 10.6 Å². The van der Waals surface area contributed by atoms with Crippen LogP contribution in [0.2, 0.25) is 5.02 Å². The topological polar surface area (TPSA) is 53.6 Å². The number of nitrogens with zero attached hydrogens (tertiary/aromatic N) is 1. The summed E-state index contributed by atoms with van der Waals surface area (Å²) in [6.45, 7) is 9.05. The molecular weight excluding hydrogens is 338 g/mol. The lowest BCUT2D eigenvalue weighted by Gasteiger charge is -2.39. The average molecular weight is 366 g/mol. The smallest absolute Gasteiger partial charge is 0.407 e. The summed E-state index contributed by atoms with van der Waals surface area (Å²) in [5.74, 6) is 0. The van der Waals surface area contributed by atoms with E-state index in [0.717, 1.165) is 43.7 Å². The minimum atomic E-state index is -0.511. The number of carbonyl (C=O) groups excluding carboxylic acids is 1. The number of amides is 1. The van der Waals surface area contributed by atoms with Gasteiger partial charge in [0.2, 0.25) is 0 Å². The van der Waals surface area contributed by atoms with Crippen LogP contribution in [0.4, 0.5) is 10.5 Å².